The number of hydrogen-bond donors (Lipinski definition) is 1. The molecule has 170 valence electrons. The van der Waals surface area contributed by atoms with E-state index in [4.69, 9.17) is 9.84 Å². The number of carbonyl (C=O) groups is 2. The first-order chi connectivity index (χ1) is 15.0. The topological polar surface area (TPSA) is 92.6 Å². The van der Waals surface area contributed by atoms with E-state index in [0.717, 1.165) is 18.3 Å². The van der Waals surface area contributed by atoms with Crippen LogP contribution in [0.25, 0.3) is 0 Å². The van der Waals surface area contributed by atoms with Gasteiger partial charge in [-0.1, -0.05) is 25.7 Å². The Labute approximate surface area is 185 Å². The number of nitrogens with zero attached hydrogens (tertiary/aromatic N) is 3. The Morgan fingerprint density at radius 1 is 1.31 bits per heavy atom. The number of amides is 1. The SMILES string of the molecule is C[Si](C)(C)CCOCN1C(=O)C2(Cc3cc(C(F)(F)C(=O)O)cnc3C2)c2cccnc21. The number of carboxylic acid groups (broad SMARTS) is 1. The molecule has 0 bridgehead atoms. The molecule has 4 rings (SSSR count). The van der Waals surface area contributed by atoms with Crippen molar-refractivity contribution >= 4 is 25.8 Å². The summed E-state index contributed by atoms with van der Waals surface area (Å²) in [5.74, 6) is -5.98. The third-order valence-electron chi connectivity index (χ3n) is 6.08. The monoisotopic (exact) mass is 461 g/mol. The van der Waals surface area contributed by atoms with Crippen molar-refractivity contribution in [2.45, 2.75) is 49.9 Å². The van der Waals surface area contributed by atoms with Gasteiger partial charge in [0.15, 0.2) is 0 Å². The van der Waals surface area contributed by atoms with Crippen LogP contribution >= 0.6 is 0 Å². The Morgan fingerprint density at radius 2 is 2.06 bits per heavy atom. The molecule has 0 saturated carbocycles. The quantitative estimate of drug-likeness (QED) is 0.502. The van der Waals surface area contributed by atoms with Crippen molar-refractivity contribution in [1.82, 2.24) is 9.97 Å². The van der Waals surface area contributed by atoms with Crippen molar-refractivity contribution in [3.8, 4) is 0 Å². The zero-order chi connectivity index (χ0) is 23.3. The van der Waals surface area contributed by atoms with Gasteiger partial charge >= 0.3 is 11.9 Å². The summed E-state index contributed by atoms with van der Waals surface area (Å²) in [5, 5.41) is 8.85. The number of anilines is 1. The number of hydrogen-bond acceptors (Lipinski definition) is 5. The van der Waals surface area contributed by atoms with E-state index in [9.17, 15) is 18.4 Å². The average Bonchev–Trinajstić information content (AvgIpc) is 3.21. The summed E-state index contributed by atoms with van der Waals surface area (Å²) in [7, 11) is -1.28. The van der Waals surface area contributed by atoms with Gasteiger partial charge in [-0.25, -0.2) is 9.78 Å². The lowest BCUT2D eigenvalue weighted by Crippen LogP contribution is -2.42. The minimum absolute atomic E-state index is 0.0706. The fourth-order valence-corrected chi connectivity index (χ4v) is 5.03. The van der Waals surface area contributed by atoms with Gasteiger partial charge in [-0.2, -0.15) is 8.78 Å². The van der Waals surface area contributed by atoms with Gasteiger partial charge in [-0.15, -0.1) is 0 Å². The number of ether oxygens (including phenoxy) is 1. The molecular weight excluding hydrogens is 436 g/mol. The normalized spacial score (nSPS) is 20.0. The number of carbonyl (C=O) groups excluding carboxylic acids is 1. The minimum Gasteiger partial charge on any atom is -0.477 e. The molecule has 3 heterocycles. The minimum atomic E-state index is -4.05. The highest BCUT2D eigenvalue weighted by Crippen LogP contribution is 2.49. The Balaban J connectivity index is 1.62. The zero-order valence-corrected chi connectivity index (χ0v) is 19.2. The number of pyridine rings is 2. The van der Waals surface area contributed by atoms with E-state index in [1.807, 2.05) is 6.07 Å². The van der Waals surface area contributed by atoms with Crippen LogP contribution in [0.2, 0.25) is 25.7 Å². The summed E-state index contributed by atoms with van der Waals surface area (Å²) >= 11 is 0. The highest BCUT2D eigenvalue weighted by molar-refractivity contribution is 6.76. The van der Waals surface area contributed by atoms with Crippen LogP contribution in [-0.2, 0) is 38.5 Å². The van der Waals surface area contributed by atoms with Crippen LogP contribution in [0.5, 0.6) is 0 Å². The highest BCUT2D eigenvalue weighted by Gasteiger charge is 2.55. The molecule has 1 N–H and O–H groups in total. The van der Waals surface area contributed by atoms with E-state index in [-0.39, 0.29) is 25.5 Å². The van der Waals surface area contributed by atoms with Crippen molar-refractivity contribution in [3.05, 3.63) is 53.0 Å². The molecular formula is C22H25F2N3O4Si. The van der Waals surface area contributed by atoms with Crippen molar-refractivity contribution in [2.24, 2.45) is 0 Å². The fraction of sp³-hybridized carbons (Fsp3) is 0.455. The van der Waals surface area contributed by atoms with Gasteiger partial charge in [-0.3, -0.25) is 14.7 Å². The zero-order valence-electron chi connectivity index (χ0n) is 18.2. The standard InChI is InChI=1S/C22H25F2N3O4Si/c1-32(2,3)8-7-31-13-27-18-16(5-4-6-25-18)21(19(27)28)10-14-9-15(12-26-17(14)11-21)22(23,24)20(29)30/h4-6,9,12H,7-8,10-11,13H2,1-3H3,(H,29,30). The largest absolute Gasteiger partial charge is 0.477 e. The van der Waals surface area contributed by atoms with Crippen molar-refractivity contribution in [2.75, 3.05) is 18.2 Å². The lowest BCUT2D eigenvalue weighted by atomic mass is 9.79. The molecule has 2 aromatic rings. The van der Waals surface area contributed by atoms with Crippen molar-refractivity contribution in [3.63, 3.8) is 0 Å². The maximum Gasteiger partial charge on any atom is 0.379 e. The van der Waals surface area contributed by atoms with Crippen molar-refractivity contribution in [1.29, 1.82) is 0 Å². The molecule has 1 amide bonds. The van der Waals surface area contributed by atoms with E-state index >= 15 is 0 Å². The molecule has 0 radical (unpaired) electrons. The van der Waals surface area contributed by atoms with Crippen LogP contribution < -0.4 is 4.90 Å². The number of rotatable bonds is 7. The van der Waals surface area contributed by atoms with Gasteiger partial charge in [-0.05, 0) is 30.2 Å². The van der Waals surface area contributed by atoms with Gasteiger partial charge in [0.05, 0.1) is 11.0 Å². The summed E-state index contributed by atoms with van der Waals surface area (Å²) in [6, 6.07) is 5.68. The van der Waals surface area contributed by atoms with Gasteiger partial charge in [0.1, 0.15) is 12.5 Å². The second-order valence-corrected chi connectivity index (χ2v) is 15.2. The Morgan fingerprint density at radius 3 is 2.75 bits per heavy atom. The van der Waals surface area contributed by atoms with Crippen LogP contribution in [-0.4, -0.2) is 48.4 Å². The number of alkyl halides is 2. The first-order valence-corrected chi connectivity index (χ1v) is 14.1. The summed E-state index contributed by atoms with van der Waals surface area (Å²) in [6.45, 7) is 7.35. The van der Waals surface area contributed by atoms with E-state index in [1.165, 1.54) is 4.90 Å². The molecule has 1 unspecified atom stereocenters. The van der Waals surface area contributed by atoms with Gasteiger partial charge < -0.3 is 9.84 Å². The molecule has 2 aliphatic rings. The van der Waals surface area contributed by atoms with E-state index in [1.54, 1.807) is 12.3 Å². The molecule has 10 heteroatoms. The third-order valence-corrected chi connectivity index (χ3v) is 7.79. The molecule has 0 saturated heterocycles. The predicted molar refractivity (Wildman–Crippen MR) is 116 cm³/mol. The summed E-state index contributed by atoms with van der Waals surface area (Å²) in [6.07, 6.45) is 2.88. The molecule has 1 aliphatic heterocycles. The summed E-state index contributed by atoms with van der Waals surface area (Å²) in [5.41, 5.74) is -0.0155. The van der Waals surface area contributed by atoms with Crippen LogP contribution in [0, 0.1) is 0 Å². The Bertz CT molecular complexity index is 1090. The van der Waals surface area contributed by atoms with Crippen LogP contribution in [0.4, 0.5) is 14.6 Å². The van der Waals surface area contributed by atoms with Gasteiger partial charge in [0.2, 0.25) is 5.91 Å². The maximum absolute atomic E-state index is 14.0. The second-order valence-electron chi connectivity index (χ2n) is 9.60. The lowest BCUT2D eigenvalue weighted by molar-refractivity contribution is -0.166. The highest BCUT2D eigenvalue weighted by atomic mass is 28.3. The van der Waals surface area contributed by atoms with E-state index in [0.29, 0.717) is 29.2 Å². The lowest BCUT2D eigenvalue weighted by Gasteiger charge is -2.23. The molecule has 2 aromatic heterocycles. The van der Waals surface area contributed by atoms with Crippen molar-refractivity contribution < 1.29 is 28.2 Å². The second kappa shape index (κ2) is 7.70. The molecule has 32 heavy (non-hydrogen) atoms. The number of aromatic nitrogens is 2. The van der Waals surface area contributed by atoms with Crippen LogP contribution in [0.1, 0.15) is 22.4 Å². The third kappa shape index (κ3) is 3.71. The van der Waals surface area contributed by atoms with E-state index < -0.39 is 30.9 Å². The molecule has 7 nitrogen and oxygen atoms in total. The van der Waals surface area contributed by atoms with Gasteiger partial charge in [0, 0.05) is 44.8 Å². The fourth-order valence-electron chi connectivity index (χ4n) is 4.27. The van der Waals surface area contributed by atoms with E-state index in [2.05, 4.69) is 29.6 Å². The number of aliphatic carboxylic acids is 1. The smallest absolute Gasteiger partial charge is 0.379 e. The average molecular weight is 462 g/mol. The number of halogens is 2. The van der Waals surface area contributed by atoms with Gasteiger partial charge in [0.25, 0.3) is 0 Å². The molecule has 0 aromatic carbocycles. The summed E-state index contributed by atoms with van der Waals surface area (Å²) < 4.78 is 33.8. The molecule has 1 atom stereocenters. The maximum atomic E-state index is 14.0. The number of fused-ring (bicyclic) bond motifs is 3. The van der Waals surface area contributed by atoms with Crippen LogP contribution in [0.3, 0.4) is 0 Å². The Kier molecular flexibility index (Phi) is 5.41. The first kappa shape index (κ1) is 22.5. The Hall–Kier alpha value is -2.72. The first-order valence-electron chi connectivity index (χ1n) is 10.4. The van der Waals surface area contributed by atoms with Crippen LogP contribution in [0.15, 0.2) is 30.6 Å². The summed E-state index contributed by atoms with van der Waals surface area (Å²) in [4.78, 5) is 34.5. The molecule has 1 spiro atoms. The molecule has 0 fully saturated rings. The number of carboxylic acids is 1. The predicted octanol–water partition coefficient (Wildman–Crippen LogP) is 3.35. The molecule has 1 aliphatic carbocycles.